The number of benzene rings is 1. The summed E-state index contributed by atoms with van der Waals surface area (Å²) >= 11 is 0. The van der Waals surface area contributed by atoms with E-state index < -0.39 is 0 Å². The Morgan fingerprint density at radius 3 is 2.33 bits per heavy atom. The minimum absolute atomic E-state index is 0.237. The minimum Gasteiger partial charge on any atom is -0.326 e. The summed E-state index contributed by atoms with van der Waals surface area (Å²) in [5.41, 5.74) is 9.94. The molecule has 0 atom stereocenters. The van der Waals surface area contributed by atoms with Gasteiger partial charge in [0.05, 0.1) is 11.4 Å². The summed E-state index contributed by atoms with van der Waals surface area (Å²) < 4.78 is 14.8. The molecular formula is C14H18FN3. The molecule has 18 heavy (non-hydrogen) atoms. The molecule has 0 saturated heterocycles. The SMILES string of the molecule is CCc1nn(-c2ccc(F)cc2)c(CC)c1CN. The first-order valence-electron chi connectivity index (χ1n) is 6.26. The fraction of sp³-hybridized carbons (Fsp3) is 0.357. The Hall–Kier alpha value is -1.68. The van der Waals surface area contributed by atoms with Gasteiger partial charge in [0.25, 0.3) is 0 Å². The summed E-state index contributed by atoms with van der Waals surface area (Å²) in [6, 6.07) is 6.37. The van der Waals surface area contributed by atoms with Crippen LogP contribution in [0.1, 0.15) is 30.8 Å². The molecule has 1 aromatic carbocycles. The van der Waals surface area contributed by atoms with Crippen LogP contribution in [-0.2, 0) is 19.4 Å². The highest BCUT2D eigenvalue weighted by Crippen LogP contribution is 2.20. The molecule has 0 aliphatic heterocycles. The van der Waals surface area contributed by atoms with Gasteiger partial charge in [-0.05, 0) is 37.1 Å². The number of aromatic nitrogens is 2. The third-order valence-electron chi connectivity index (χ3n) is 3.12. The van der Waals surface area contributed by atoms with Gasteiger partial charge in [-0.1, -0.05) is 13.8 Å². The van der Waals surface area contributed by atoms with E-state index in [0.29, 0.717) is 6.54 Å². The zero-order chi connectivity index (χ0) is 13.1. The van der Waals surface area contributed by atoms with E-state index in [2.05, 4.69) is 18.9 Å². The van der Waals surface area contributed by atoms with Crippen molar-refractivity contribution in [2.75, 3.05) is 0 Å². The molecule has 2 rings (SSSR count). The second-order valence-electron chi connectivity index (χ2n) is 4.17. The monoisotopic (exact) mass is 247 g/mol. The van der Waals surface area contributed by atoms with E-state index in [9.17, 15) is 4.39 Å². The molecule has 0 aliphatic carbocycles. The van der Waals surface area contributed by atoms with Gasteiger partial charge in [-0.2, -0.15) is 5.10 Å². The Bertz CT molecular complexity index is 529. The van der Waals surface area contributed by atoms with Crippen molar-refractivity contribution >= 4 is 0 Å². The zero-order valence-electron chi connectivity index (χ0n) is 10.8. The first-order chi connectivity index (χ1) is 8.71. The fourth-order valence-electron chi connectivity index (χ4n) is 2.21. The summed E-state index contributed by atoms with van der Waals surface area (Å²) in [6.45, 7) is 4.64. The lowest BCUT2D eigenvalue weighted by Gasteiger charge is -2.06. The molecule has 0 bridgehead atoms. The van der Waals surface area contributed by atoms with Crippen LogP contribution >= 0.6 is 0 Å². The van der Waals surface area contributed by atoms with Crippen molar-refractivity contribution in [1.82, 2.24) is 9.78 Å². The molecule has 0 radical (unpaired) electrons. The van der Waals surface area contributed by atoms with Crippen LogP contribution in [0.2, 0.25) is 0 Å². The predicted molar refractivity (Wildman–Crippen MR) is 70.2 cm³/mol. The maximum absolute atomic E-state index is 13.0. The topological polar surface area (TPSA) is 43.8 Å². The predicted octanol–water partition coefficient (Wildman–Crippen LogP) is 2.59. The van der Waals surface area contributed by atoms with Crippen molar-refractivity contribution in [3.8, 4) is 5.69 Å². The van der Waals surface area contributed by atoms with Gasteiger partial charge in [0.1, 0.15) is 5.82 Å². The van der Waals surface area contributed by atoms with Crippen LogP contribution in [0, 0.1) is 5.82 Å². The molecule has 0 spiro atoms. The first-order valence-corrected chi connectivity index (χ1v) is 6.26. The molecule has 0 aliphatic rings. The van der Waals surface area contributed by atoms with Crippen LogP contribution in [0.5, 0.6) is 0 Å². The highest BCUT2D eigenvalue weighted by Gasteiger charge is 2.15. The minimum atomic E-state index is -0.237. The summed E-state index contributed by atoms with van der Waals surface area (Å²) in [5, 5.41) is 4.58. The largest absolute Gasteiger partial charge is 0.326 e. The molecule has 96 valence electrons. The molecule has 0 unspecified atom stereocenters. The second kappa shape index (κ2) is 5.31. The molecule has 0 saturated carbocycles. The van der Waals surface area contributed by atoms with Crippen LogP contribution in [0.4, 0.5) is 4.39 Å². The molecule has 1 heterocycles. The smallest absolute Gasteiger partial charge is 0.123 e. The summed E-state index contributed by atoms with van der Waals surface area (Å²) in [6.07, 6.45) is 1.71. The standard InChI is InChI=1S/C14H18FN3/c1-3-13-12(9-16)14(4-2)18(17-13)11-7-5-10(15)6-8-11/h5-8H,3-4,9,16H2,1-2H3. The second-order valence-corrected chi connectivity index (χ2v) is 4.17. The van der Waals surface area contributed by atoms with Crippen LogP contribution in [-0.4, -0.2) is 9.78 Å². The number of hydrogen-bond donors (Lipinski definition) is 1. The van der Waals surface area contributed by atoms with Crippen molar-refractivity contribution in [3.63, 3.8) is 0 Å². The van der Waals surface area contributed by atoms with E-state index in [-0.39, 0.29) is 5.82 Å². The van der Waals surface area contributed by atoms with Crippen molar-refractivity contribution in [1.29, 1.82) is 0 Å². The number of nitrogens with two attached hydrogens (primary N) is 1. The van der Waals surface area contributed by atoms with Gasteiger partial charge in [-0.15, -0.1) is 0 Å². The Morgan fingerprint density at radius 2 is 1.83 bits per heavy atom. The maximum Gasteiger partial charge on any atom is 0.123 e. The van der Waals surface area contributed by atoms with Crippen LogP contribution in [0.15, 0.2) is 24.3 Å². The van der Waals surface area contributed by atoms with E-state index in [4.69, 9.17) is 5.73 Å². The van der Waals surface area contributed by atoms with E-state index >= 15 is 0 Å². The first kappa shape index (κ1) is 12.8. The lowest BCUT2D eigenvalue weighted by molar-refractivity contribution is 0.626. The van der Waals surface area contributed by atoms with E-state index in [1.54, 1.807) is 12.1 Å². The number of rotatable bonds is 4. The van der Waals surface area contributed by atoms with E-state index in [1.807, 2.05) is 4.68 Å². The Labute approximate surface area is 106 Å². The quantitative estimate of drug-likeness (QED) is 0.902. The van der Waals surface area contributed by atoms with Gasteiger partial charge >= 0.3 is 0 Å². The molecule has 1 aromatic heterocycles. The van der Waals surface area contributed by atoms with Crippen molar-refractivity contribution in [3.05, 3.63) is 47.0 Å². The van der Waals surface area contributed by atoms with Gasteiger partial charge in [-0.25, -0.2) is 9.07 Å². The van der Waals surface area contributed by atoms with Gasteiger partial charge in [-0.3, -0.25) is 0 Å². The van der Waals surface area contributed by atoms with Gasteiger partial charge in [0, 0.05) is 17.8 Å². The maximum atomic E-state index is 13.0. The fourth-order valence-corrected chi connectivity index (χ4v) is 2.21. The molecule has 0 fully saturated rings. The third-order valence-corrected chi connectivity index (χ3v) is 3.12. The zero-order valence-corrected chi connectivity index (χ0v) is 10.8. The molecule has 2 aromatic rings. The average molecular weight is 247 g/mol. The molecule has 3 nitrogen and oxygen atoms in total. The van der Waals surface area contributed by atoms with E-state index in [0.717, 1.165) is 35.5 Å². The van der Waals surface area contributed by atoms with Crippen LogP contribution in [0.3, 0.4) is 0 Å². The third kappa shape index (κ3) is 2.16. The Balaban J connectivity index is 2.56. The van der Waals surface area contributed by atoms with Gasteiger partial charge in [0.15, 0.2) is 0 Å². The molecule has 2 N–H and O–H groups in total. The molecule has 4 heteroatoms. The molecule has 0 amide bonds. The highest BCUT2D eigenvalue weighted by atomic mass is 19.1. The summed E-state index contributed by atoms with van der Waals surface area (Å²) in [7, 11) is 0. The lowest BCUT2D eigenvalue weighted by atomic mass is 10.1. The number of aryl methyl sites for hydroxylation is 1. The van der Waals surface area contributed by atoms with Crippen LogP contribution < -0.4 is 5.73 Å². The normalized spacial score (nSPS) is 10.9. The van der Waals surface area contributed by atoms with Crippen molar-refractivity contribution < 1.29 is 4.39 Å². The van der Waals surface area contributed by atoms with Gasteiger partial charge < -0.3 is 5.73 Å². The number of halogens is 1. The highest BCUT2D eigenvalue weighted by molar-refractivity contribution is 5.38. The Kier molecular flexibility index (Phi) is 3.77. The average Bonchev–Trinajstić information content (AvgIpc) is 2.77. The lowest BCUT2D eigenvalue weighted by Crippen LogP contribution is -2.05. The van der Waals surface area contributed by atoms with Crippen LogP contribution in [0.25, 0.3) is 5.69 Å². The molecular weight excluding hydrogens is 229 g/mol. The summed E-state index contributed by atoms with van der Waals surface area (Å²) in [5.74, 6) is -0.237. The number of nitrogens with zero attached hydrogens (tertiary/aromatic N) is 2. The summed E-state index contributed by atoms with van der Waals surface area (Å²) in [4.78, 5) is 0. The van der Waals surface area contributed by atoms with Gasteiger partial charge in [0.2, 0.25) is 0 Å². The van der Waals surface area contributed by atoms with Crippen molar-refractivity contribution in [2.24, 2.45) is 5.73 Å². The number of hydrogen-bond acceptors (Lipinski definition) is 2. The van der Waals surface area contributed by atoms with Crippen molar-refractivity contribution in [2.45, 2.75) is 33.2 Å². The van der Waals surface area contributed by atoms with E-state index in [1.165, 1.54) is 12.1 Å². The Morgan fingerprint density at radius 1 is 1.17 bits per heavy atom.